The molecule has 27 heavy (non-hydrogen) atoms. The molecule has 0 aromatic rings. The number of hydrogen-bond acceptors (Lipinski definition) is 7. The SMILES string of the molecule is C=CC(=O)OCCOC(=O)/C(C#N)=C1/CC(C)(C)CC(NC(C)=O)=C1C#N. The zero-order valence-electron chi connectivity index (χ0n) is 15.5. The molecule has 0 aromatic carbocycles. The minimum atomic E-state index is -0.922. The molecule has 1 N–H and O–H groups in total. The van der Waals surface area contributed by atoms with Crippen molar-refractivity contribution in [1.29, 1.82) is 10.5 Å². The molecular weight excluding hydrogens is 350 g/mol. The van der Waals surface area contributed by atoms with Gasteiger partial charge in [0.2, 0.25) is 5.91 Å². The van der Waals surface area contributed by atoms with Crippen LogP contribution in [0.2, 0.25) is 0 Å². The molecule has 1 aliphatic rings. The van der Waals surface area contributed by atoms with Gasteiger partial charge >= 0.3 is 11.9 Å². The second-order valence-electron chi connectivity index (χ2n) is 6.64. The Balaban J connectivity index is 3.17. The minimum absolute atomic E-state index is 0.0936. The molecule has 0 saturated heterocycles. The number of rotatable bonds is 6. The van der Waals surface area contributed by atoms with Gasteiger partial charge in [-0.15, -0.1) is 0 Å². The summed E-state index contributed by atoms with van der Waals surface area (Å²) in [5.41, 5.74) is 0.00754. The van der Waals surface area contributed by atoms with Crippen molar-refractivity contribution in [2.24, 2.45) is 5.41 Å². The van der Waals surface area contributed by atoms with Gasteiger partial charge in [-0.1, -0.05) is 20.4 Å². The first-order chi connectivity index (χ1) is 12.6. The van der Waals surface area contributed by atoms with Gasteiger partial charge in [-0.05, 0) is 23.8 Å². The Morgan fingerprint density at radius 3 is 2.37 bits per heavy atom. The molecule has 1 aliphatic carbocycles. The smallest absolute Gasteiger partial charge is 0.349 e. The molecule has 0 aliphatic heterocycles. The summed E-state index contributed by atoms with van der Waals surface area (Å²) in [6.07, 6.45) is 1.69. The van der Waals surface area contributed by atoms with Gasteiger partial charge in [-0.3, -0.25) is 4.79 Å². The van der Waals surface area contributed by atoms with Gasteiger partial charge in [-0.2, -0.15) is 10.5 Å². The first-order valence-corrected chi connectivity index (χ1v) is 8.16. The van der Waals surface area contributed by atoms with Gasteiger partial charge in [0.1, 0.15) is 30.9 Å². The second-order valence-corrected chi connectivity index (χ2v) is 6.64. The molecule has 0 radical (unpaired) electrons. The van der Waals surface area contributed by atoms with E-state index in [4.69, 9.17) is 9.47 Å². The summed E-state index contributed by atoms with van der Waals surface area (Å²) in [5, 5.41) is 21.6. The molecule has 0 bridgehead atoms. The van der Waals surface area contributed by atoms with Crippen LogP contribution in [0.25, 0.3) is 0 Å². The summed E-state index contributed by atoms with van der Waals surface area (Å²) in [6.45, 7) is 7.92. The fourth-order valence-electron chi connectivity index (χ4n) is 2.69. The summed E-state index contributed by atoms with van der Waals surface area (Å²) in [6, 6.07) is 3.77. The molecule has 142 valence electrons. The maximum absolute atomic E-state index is 12.3. The van der Waals surface area contributed by atoms with E-state index >= 15 is 0 Å². The van der Waals surface area contributed by atoms with E-state index in [2.05, 4.69) is 11.9 Å². The number of nitriles is 2. The number of allylic oxidation sites excluding steroid dienone is 3. The van der Waals surface area contributed by atoms with Gasteiger partial charge in [0.15, 0.2) is 0 Å². The van der Waals surface area contributed by atoms with Crippen LogP contribution < -0.4 is 5.32 Å². The summed E-state index contributed by atoms with van der Waals surface area (Å²) < 4.78 is 9.66. The van der Waals surface area contributed by atoms with E-state index < -0.39 is 11.9 Å². The van der Waals surface area contributed by atoms with Gasteiger partial charge in [0.05, 0.1) is 5.57 Å². The Kier molecular flexibility index (Phi) is 7.50. The lowest BCUT2D eigenvalue weighted by Gasteiger charge is -2.33. The zero-order valence-corrected chi connectivity index (χ0v) is 15.5. The van der Waals surface area contributed by atoms with Crippen LogP contribution in [0, 0.1) is 28.1 Å². The minimum Gasteiger partial charge on any atom is -0.459 e. The molecule has 0 saturated carbocycles. The fraction of sp³-hybridized carbons (Fsp3) is 0.421. The maximum atomic E-state index is 12.3. The van der Waals surface area contributed by atoms with Crippen LogP contribution in [-0.2, 0) is 23.9 Å². The van der Waals surface area contributed by atoms with Crippen molar-refractivity contribution in [1.82, 2.24) is 5.32 Å². The molecule has 8 heteroatoms. The lowest BCUT2D eigenvalue weighted by Crippen LogP contribution is -2.31. The zero-order chi connectivity index (χ0) is 20.6. The van der Waals surface area contributed by atoms with Crippen LogP contribution in [0.1, 0.15) is 33.6 Å². The van der Waals surface area contributed by atoms with Crippen LogP contribution in [0.3, 0.4) is 0 Å². The first-order valence-electron chi connectivity index (χ1n) is 8.16. The molecule has 0 aromatic heterocycles. The Bertz CT molecular complexity index is 806. The van der Waals surface area contributed by atoms with E-state index in [0.29, 0.717) is 18.5 Å². The Morgan fingerprint density at radius 1 is 1.22 bits per heavy atom. The van der Waals surface area contributed by atoms with E-state index in [9.17, 15) is 24.9 Å². The number of nitrogens with zero attached hydrogens (tertiary/aromatic N) is 2. The van der Waals surface area contributed by atoms with Crippen LogP contribution in [0.15, 0.2) is 35.1 Å². The van der Waals surface area contributed by atoms with Crippen molar-refractivity contribution >= 4 is 17.8 Å². The summed E-state index contributed by atoms with van der Waals surface area (Å²) >= 11 is 0. The summed E-state index contributed by atoms with van der Waals surface area (Å²) in [5.74, 6) is -1.93. The molecule has 0 heterocycles. The average Bonchev–Trinajstić information content (AvgIpc) is 2.57. The van der Waals surface area contributed by atoms with Crippen molar-refractivity contribution in [3.05, 3.63) is 35.1 Å². The number of carbonyl (C=O) groups excluding carboxylic acids is 3. The average molecular weight is 371 g/mol. The fourth-order valence-corrected chi connectivity index (χ4v) is 2.69. The number of ether oxygens (including phenoxy) is 2. The Labute approximate surface area is 157 Å². The first kappa shape index (κ1) is 21.7. The largest absolute Gasteiger partial charge is 0.459 e. The highest BCUT2D eigenvalue weighted by Crippen LogP contribution is 2.42. The highest BCUT2D eigenvalue weighted by atomic mass is 16.6. The lowest BCUT2D eigenvalue weighted by atomic mass is 9.73. The molecule has 0 unspecified atom stereocenters. The van der Waals surface area contributed by atoms with E-state index in [1.807, 2.05) is 19.9 Å². The maximum Gasteiger partial charge on any atom is 0.349 e. The van der Waals surface area contributed by atoms with Gasteiger partial charge < -0.3 is 14.8 Å². The normalized spacial score (nSPS) is 17.1. The van der Waals surface area contributed by atoms with Crippen molar-refractivity contribution in [3.8, 4) is 12.1 Å². The monoisotopic (exact) mass is 371 g/mol. The van der Waals surface area contributed by atoms with Crippen LogP contribution >= 0.6 is 0 Å². The van der Waals surface area contributed by atoms with Gasteiger partial charge in [0, 0.05) is 18.7 Å². The van der Waals surface area contributed by atoms with E-state index in [-0.39, 0.29) is 41.3 Å². The molecule has 0 spiro atoms. The van der Waals surface area contributed by atoms with Gasteiger partial charge in [0.25, 0.3) is 0 Å². The number of nitrogens with one attached hydrogen (secondary N) is 1. The van der Waals surface area contributed by atoms with Crippen LogP contribution in [0.4, 0.5) is 0 Å². The van der Waals surface area contributed by atoms with Gasteiger partial charge in [-0.25, -0.2) is 9.59 Å². The number of carbonyl (C=O) groups is 3. The Morgan fingerprint density at radius 2 is 1.85 bits per heavy atom. The van der Waals surface area contributed by atoms with Crippen molar-refractivity contribution < 1.29 is 23.9 Å². The standard InChI is InChI=1S/C19H21N3O5/c1-5-17(24)26-6-7-27-18(25)15(11-21)13-8-19(3,4)9-16(14(13)10-20)22-12(2)23/h5H,1,6-9H2,2-4H3,(H,22,23)/b15-13-. The van der Waals surface area contributed by atoms with Crippen LogP contribution in [-0.4, -0.2) is 31.1 Å². The predicted molar refractivity (Wildman–Crippen MR) is 94.2 cm³/mol. The second kappa shape index (κ2) is 9.35. The number of amides is 1. The molecule has 1 rings (SSSR count). The highest BCUT2D eigenvalue weighted by Gasteiger charge is 2.34. The summed E-state index contributed by atoms with van der Waals surface area (Å²) in [4.78, 5) is 34.7. The molecule has 1 amide bonds. The molecular formula is C19H21N3O5. The third-order valence-electron chi connectivity index (χ3n) is 3.70. The van der Waals surface area contributed by atoms with E-state index in [0.717, 1.165) is 6.08 Å². The quantitative estimate of drug-likeness (QED) is 0.326. The highest BCUT2D eigenvalue weighted by molar-refractivity contribution is 5.95. The third-order valence-corrected chi connectivity index (χ3v) is 3.70. The van der Waals surface area contributed by atoms with Crippen molar-refractivity contribution in [3.63, 3.8) is 0 Å². The topological polar surface area (TPSA) is 129 Å². The van der Waals surface area contributed by atoms with E-state index in [1.54, 1.807) is 6.07 Å². The molecule has 0 atom stereocenters. The lowest BCUT2D eigenvalue weighted by molar-refractivity contribution is -0.146. The van der Waals surface area contributed by atoms with Crippen molar-refractivity contribution in [2.75, 3.05) is 13.2 Å². The number of esters is 2. The van der Waals surface area contributed by atoms with Crippen LogP contribution in [0.5, 0.6) is 0 Å². The number of hydrogen-bond donors (Lipinski definition) is 1. The van der Waals surface area contributed by atoms with Crippen molar-refractivity contribution in [2.45, 2.75) is 33.6 Å². The molecule has 8 nitrogen and oxygen atoms in total. The predicted octanol–water partition coefficient (Wildman–Crippen LogP) is 1.81. The van der Waals surface area contributed by atoms with E-state index in [1.165, 1.54) is 6.92 Å². The summed E-state index contributed by atoms with van der Waals surface area (Å²) in [7, 11) is 0. The Hall–Kier alpha value is -3.39. The molecule has 0 fully saturated rings. The third kappa shape index (κ3) is 6.12.